The molecule has 2 rings (SSSR count). The zero-order valence-corrected chi connectivity index (χ0v) is 14.0. The summed E-state index contributed by atoms with van der Waals surface area (Å²) in [4.78, 5) is 18.5. The molecule has 0 saturated heterocycles. The summed E-state index contributed by atoms with van der Waals surface area (Å²) < 4.78 is 0. The van der Waals surface area contributed by atoms with Crippen molar-refractivity contribution in [3.05, 3.63) is 59.4 Å². The van der Waals surface area contributed by atoms with Crippen molar-refractivity contribution in [2.75, 3.05) is 32.5 Å². The van der Waals surface area contributed by atoms with Gasteiger partial charge >= 0.3 is 0 Å². The molecule has 0 unspecified atom stereocenters. The number of aromatic nitrogens is 1. The molecule has 2 aromatic rings. The van der Waals surface area contributed by atoms with Gasteiger partial charge in [0.1, 0.15) is 0 Å². The molecule has 0 bridgehead atoms. The molecule has 2 N–H and O–H groups in total. The van der Waals surface area contributed by atoms with Crippen molar-refractivity contribution < 1.29 is 4.79 Å². The lowest BCUT2D eigenvalue weighted by atomic mass is 10.1. The highest BCUT2D eigenvalue weighted by molar-refractivity contribution is 5.94. The highest BCUT2D eigenvalue weighted by Crippen LogP contribution is 2.09. The van der Waals surface area contributed by atoms with Gasteiger partial charge in [-0.1, -0.05) is 29.8 Å². The van der Waals surface area contributed by atoms with Crippen LogP contribution in [0, 0.1) is 6.92 Å². The summed E-state index contributed by atoms with van der Waals surface area (Å²) in [6.07, 6.45) is 3.32. The summed E-state index contributed by atoms with van der Waals surface area (Å²) in [5.74, 6) is -0.115. The minimum absolute atomic E-state index is 0.115. The second-order valence-electron chi connectivity index (χ2n) is 5.86. The van der Waals surface area contributed by atoms with Crippen LogP contribution in [0.15, 0.2) is 42.7 Å². The monoisotopic (exact) mass is 312 g/mol. The number of nitrogens with one attached hydrogen (secondary N) is 2. The number of pyridine rings is 1. The molecule has 0 spiro atoms. The lowest BCUT2D eigenvalue weighted by molar-refractivity contribution is 0.0950. The predicted molar refractivity (Wildman–Crippen MR) is 93.6 cm³/mol. The molecule has 122 valence electrons. The first-order valence-electron chi connectivity index (χ1n) is 7.72. The summed E-state index contributed by atoms with van der Waals surface area (Å²) in [7, 11) is 4.05. The molecular weight excluding hydrogens is 288 g/mol. The number of benzene rings is 1. The van der Waals surface area contributed by atoms with Gasteiger partial charge in [-0.05, 0) is 32.6 Å². The van der Waals surface area contributed by atoms with E-state index < -0.39 is 0 Å². The van der Waals surface area contributed by atoms with Crippen molar-refractivity contribution in [3.63, 3.8) is 0 Å². The predicted octanol–water partition coefficient (Wildman–Crippen LogP) is 2.29. The van der Waals surface area contributed by atoms with Crippen LogP contribution in [0.1, 0.15) is 21.5 Å². The van der Waals surface area contributed by atoms with Crippen LogP contribution in [-0.4, -0.2) is 43.0 Å². The Morgan fingerprint density at radius 1 is 1.22 bits per heavy atom. The van der Waals surface area contributed by atoms with Crippen LogP contribution >= 0.6 is 0 Å². The summed E-state index contributed by atoms with van der Waals surface area (Å²) in [5.41, 5.74) is 3.69. The smallest absolute Gasteiger partial charge is 0.253 e. The number of anilines is 1. The first kappa shape index (κ1) is 17.0. The molecule has 0 aliphatic rings. The Labute approximate surface area is 137 Å². The Balaban J connectivity index is 1.91. The molecule has 1 aromatic carbocycles. The van der Waals surface area contributed by atoms with Crippen molar-refractivity contribution >= 4 is 11.6 Å². The van der Waals surface area contributed by atoms with Gasteiger partial charge in [-0.3, -0.25) is 9.78 Å². The normalized spacial score (nSPS) is 10.6. The van der Waals surface area contributed by atoms with Crippen LogP contribution in [0.2, 0.25) is 0 Å². The molecule has 0 aliphatic carbocycles. The third kappa shape index (κ3) is 5.71. The van der Waals surface area contributed by atoms with Crippen LogP contribution < -0.4 is 10.6 Å². The Morgan fingerprint density at radius 2 is 2.04 bits per heavy atom. The summed E-state index contributed by atoms with van der Waals surface area (Å²) in [6.45, 7) is 4.28. The van der Waals surface area contributed by atoms with E-state index in [-0.39, 0.29) is 5.91 Å². The number of rotatable bonds is 7. The quantitative estimate of drug-likeness (QED) is 0.823. The molecule has 0 saturated carbocycles. The van der Waals surface area contributed by atoms with Crippen LogP contribution in [0.3, 0.4) is 0 Å². The van der Waals surface area contributed by atoms with Crippen molar-refractivity contribution in [2.45, 2.75) is 13.5 Å². The fourth-order valence-corrected chi connectivity index (χ4v) is 2.19. The molecule has 1 heterocycles. The van der Waals surface area contributed by atoms with Gasteiger partial charge in [-0.25, -0.2) is 0 Å². The Hall–Kier alpha value is -2.40. The third-order valence-corrected chi connectivity index (χ3v) is 3.42. The minimum atomic E-state index is -0.115. The van der Waals surface area contributed by atoms with Gasteiger partial charge in [0, 0.05) is 32.0 Å². The first-order chi connectivity index (χ1) is 11.0. The van der Waals surface area contributed by atoms with Crippen LogP contribution in [-0.2, 0) is 6.54 Å². The van der Waals surface area contributed by atoms with E-state index in [0.717, 1.165) is 24.3 Å². The lowest BCUT2D eigenvalue weighted by Crippen LogP contribution is -2.23. The number of hydrogen-bond acceptors (Lipinski definition) is 4. The van der Waals surface area contributed by atoms with Gasteiger partial charge in [0.15, 0.2) is 0 Å². The van der Waals surface area contributed by atoms with Crippen molar-refractivity contribution in [1.29, 1.82) is 0 Å². The fourth-order valence-electron chi connectivity index (χ4n) is 2.19. The fraction of sp³-hybridized carbons (Fsp3) is 0.333. The molecule has 1 amide bonds. The molecule has 0 radical (unpaired) electrons. The van der Waals surface area contributed by atoms with Gasteiger partial charge in [0.05, 0.1) is 11.3 Å². The average molecular weight is 312 g/mol. The molecule has 0 fully saturated rings. The molecule has 5 nitrogen and oxygen atoms in total. The SMILES string of the molecule is Cc1cccc(CNC(=O)c2cncc(NCCN(C)C)c2)c1. The van der Waals surface area contributed by atoms with Gasteiger partial charge in [0.25, 0.3) is 5.91 Å². The number of aryl methyl sites for hydroxylation is 1. The number of nitrogens with zero attached hydrogens (tertiary/aromatic N) is 2. The van der Waals surface area contributed by atoms with Gasteiger partial charge < -0.3 is 15.5 Å². The number of carbonyl (C=O) groups is 1. The van der Waals surface area contributed by atoms with Gasteiger partial charge in [-0.2, -0.15) is 0 Å². The maximum atomic E-state index is 12.3. The highest BCUT2D eigenvalue weighted by atomic mass is 16.1. The van der Waals surface area contributed by atoms with E-state index in [1.165, 1.54) is 5.56 Å². The Kier molecular flexibility index (Phi) is 6.11. The summed E-state index contributed by atoms with van der Waals surface area (Å²) >= 11 is 0. The van der Waals surface area contributed by atoms with Crippen molar-refractivity contribution in [1.82, 2.24) is 15.2 Å². The second kappa shape index (κ2) is 8.29. The third-order valence-electron chi connectivity index (χ3n) is 3.42. The molecule has 0 atom stereocenters. The van der Waals surface area contributed by atoms with Crippen LogP contribution in [0.4, 0.5) is 5.69 Å². The van der Waals surface area contributed by atoms with E-state index in [0.29, 0.717) is 12.1 Å². The minimum Gasteiger partial charge on any atom is -0.382 e. The zero-order valence-electron chi connectivity index (χ0n) is 14.0. The summed E-state index contributed by atoms with van der Waals surface area (Å²) in [6, 6.07) is 9.93. The molecule has 1 aromatic heterocycles. The van der Waals surface area contributed by atoms with Gasteiger partial charge in [-0.15, -0.1) is 0 Å². The lowest BCUT2D eigenvalue weighted by Gasteiger charge is -2.12. The van der Waals surface area contributed by atoms with Crippen LogP contribution in [0.5, 0.6) is 0 Å². The van der Waals surface area contributed by atoms with E-state index in [1.807, 2.05) is 45.3 Å². The molecule has 23 heavy (non-hydrogen) atoms. The standard InChI is InChI=1S/C18H24N4O/c1-14-5-4-6-15(9-14)11-21-18(23)16-10-17(13-19-12-16)20-7-8-22(2)3/h4-6,9-10,12-13,20H,7-8,11H2,1-3H3,(H,21,23). The van der Waals surface area contributed by atoms with E-state index in [9.17, 15) is 4.79 Å². The zero-order chi connectivity index (χ0) is 16.7. The molecule has 5 heteroatoms. The summed E-state index contributed by atoms with van der Waals surface area (Å²) in [5, 5.41) is 6.20. The Bertz CT molecular complexity index is 655. The molecule has 0 aliphatic heterocycles. The maximum Gasteiger partial charge on any atom is 0.253 e. The largest absolute Gasteiger partial charge is 0.382 e. The highest BCUT2D eigenvalue weighted by Gasteiger charge is 2.07. The maximum absolute atomic E-state index is 12.3. The van der Waals surface area contributed by atoms with Crippen LogP contribution in [0.25, 0.3) is 0 Å². The van der Waals surface area contributed by atoms with E-state index >= 15 is 0 Å². The number of likely N-dealkylation sites (N-methyl/N-ethyl adjacent to an activating group) is 1. The number of amides is 1. The number of hydrogen-bond donors (Lipinski definition) is 2. The van der Waals surface area contributed by atoms with Crippen molar-refractivity contribution in [2.24, 2.45) is 0 Å². The van der Waals surface area contributed by atoms with E-state index in [1.54, 1.807) is 12.4 Å². The van der Waals surface area contributed by atoms with Gasteiger partial charge in [0.2, 0.25) is 0 Å². The second-order valence-corrected chi connectivity index (χ2v) is 5.86. The molecular formula is C18H24N4O. The Morgan fingerprint density at radius 3 is 2.78 bits per heavy atom. The van der Waals surface area contributed by atoms with Crippen molar-refractivity contribution in [3.8, 4) is 0 Å². The first-order valence-corrected chi connectivity index (χ1v) is 7.72. The average Bonchev–Trinajstić information content (AvgIpc) is 2.52. The number of carbonyl (C=O) groups excluding carboxylic acids is 1. The van der Waals surface area contributed by atoms with E-state index in [4.69, 9.17) is 0 Å². The topological polar surface area (TPSA) is 57.3 Å². The van der Waals surface area contributed by atoms with E-state index in [2.05, 4.69) is 26.6 Å².